The van der Waals surface area contributed by atoms with E-state index >= 15 is 0 Å². The van der Waals surface area contributed by atoms with Crippen LogP contribution in [0.3, 0.4) is 0 Å². The highest BCUT2D eigenvalue weighted by Crippen LogP contribution is 2.13. The van der Waals surface area contributed by atoms with Gasteiger partial charge in [-0.2, -0.15) is 0 Å². The van der Waals surface area contributed by atoms with Crippen molar-refractivity contribution in [3.63, 3.8) is 0 Å². The number of ether oxygens (including phenoxy) is 1. The molecule has 0 spiro atoms. The van der Waals surface area contributed by atoms with Gasteiger partial charge in [-0.1, -0.05) is 12.1 Å². The van der Waals surface area contributed by atoms with E-state index in [4.69, 9.17) is 9.88 Å². The van der Waals surface area contributed by atoms with Gasteiger partial charge >= 0.3 is 0 Å². The Kier molecular flexibility index (Phi) is 4.93. The summed E-state index contributed by atoms with van der Waals surface area (Å²) in [6.07, 6.45) is 2.34. The average molecular weight is 284 g/mol. The van der Waals surface area contributed by atoms with E-state index in [0.29, 0.717) is 5.92 Å². The predicted molar refractivity (Wildman–Crippen MR) is 73.1 cm³/mol. The molecule has 1 aromatic rings. The molecule has 1 aliphatic rings. The first-order chi connectivity index (χ1) is 9.05. The zero-order chi connectivity index (χ0) is 13.7. The Balaban J connectivity index is 1.80. The Morgan fingerprint density at radius 1 is 1.32 bits per heavy atom. The highest BCUT2D eigenvalue weighted by molar-refractivity contribution is 7.89. The molecule has 2 rings (SSSR count). The van der Waals surface area contributed by atoms with Gasteiger partial charge in [-0.15, -0.1) is 0 Å². The van der Waals surface area contributed by atoms with Crippen molar-refractivity contribution in [1.29, 1.82) is 0 Å². The lowest BCUT2D eigenvalue weighted by atomic mass is 10.0. The minimum absolute atomic E-state index is 0.150. The third-order valence-electron chi connectivity index (χ3n) is 3.27. The normalized spacial score (nSPS) is 20.4. The lowest BCUT2D eigenvalue weighted by molar-refractivity contribution is 0.0547. The van der Waals surface area contributed by atoms with E-state index in [9.17, 15) is 8.42 Å². The number of hydrogen-bond acceptors (Lipinski definition) is 4. The molecule has 0 amide bonds. The van der Waals surface area contributed by atoms with Gasteiger partial charge in [0.1, 0.15) is 0 Å². The fourth-order valence-electron chi connectivity index (χ4n) is 2.19. The fraction of sp³-hybridized carbons (Fsp3) is 0.538. The van der Waals surface area contributed by atoms with Crippen LogP contribution in [-0.2, 0) is 21.3 Å². The van der Waals surface area contributed by atoms with Crippen LogP contribution in [0.4, 0.5) is 0 Å². The molecule has 1 saturated heterocycles. The van der Waals surface area contributed by atoms with Gasteiger partial charge in [-0.3, -0.25) is 0 Å². The quantitative estimate of drug-likeness (QED) is 0.840. The molecule has 0 bridgehead atoms. The van der Waals surface area contributed by atoms with Gasteiger partial charge in [-0.05, 0) is 36.5 Å². The smallest absolute Gasteiger partial charge is 0.238 e. The number of hydrogen-bond donors (Lipinski definition) is 2. The summed E-state index contributed by atoms with van der Waals surface area (Å²) in [5, 5.41) is 8.42. The molecular weight excluding hydrogens is 264 g/mol. The highest BCUT2D eigenvalue weighted by atomic mass is 32.2. The molecule has 0 aliphatic carbocycles. The molecule has 1 aromatic carbocycles. The van der Waals surface area contributed by atoms with Crippen molar-refractivity contribution in [1.82, 2.24) is 5.32 Å². The van der Waals surface area contributed by atoms with E-state index in [1.54, 1.807) is 12.1 Å². The Morgan fingerprint density at radius 3 is 2.63 bits per heavy atom. The number of nitrogens with two attached hydrogens (primary N) is 1. The van der Waals surface area contributed by atoms with Crippen molar-refractivity contribution in [2.24, 2.45) is 11.1 Å². The number of primary sulfonamides is 1. The summed E-state index contributed by atoms with van der Waals surface area (Å²) in [4.78, 5) is 0.150. The van der Waals surface area contributed by atoms with Crippen LogP contribution in [-0.4, -0.2) is 28.2 Å². The highest BCUT2D eigenvalue weighted by Gasteiger charge is 2.13. The molecule has 1 aliphatic heterocycles. The maximum Gasteiger partial charge on any atom is 0.238 e. The third kappa shape index (κ3) is 4.58. The van der Waals surface area contributed by atoms with Crippen molar-refractivity contribution < 1.29 is 13.2 Å². The topological polar surface area (TPSA) is 81.4 Å². The Labute approximate surface area is 114 Å². The van der Waals surface area contributed by atoms with Gasteiger partial charge in [0.05, 0.1) is 11.5 Å². The van der Waals surface area contributed by atoms with Crippen LogP contribution < -0.4 is 10.5 Å². The van der Waals surface area contributed by atoms with Crippen molar-refractivity contribution in [2.45, 2.75) is 24.3 Å². The maximum atomic E-state index is 11.1. The number of benzene rings is 1. The second-order valence-corrected chi connectivity index (χ2v) is 6.46. The number of sulfonamides is 1. The molecule has 0 radical (unpaired) electrons. The summed E-state index contributed by atoms with van der Waals surface area (Å²) in [7, 11) is -3.59. The van der Waals surface area contributed by atoms with Crippen LogP contribution >= 0.6 is 0 Å². The molecular formula is C13H20N2O3S. The molecule has 3 N–H and O–H groups in total. The molecule has 106 valence electrons. The second kappa shape index (κ2) is 6.47. The van der Waals surface area contributed by atoms with Crippen LogP contribution in [0.15, 0.2) is 29.2 Å². The predicted octanol–water partition coefficient (Wildman–Crippen LogP) is 0.850. The third-order valence-corrected chi connectivity index (χ3v) is 4.20. The van der Waals surface area contributed by atoms with E-state index in [1.165, 1.54) is 18.6 Å². The van der Waals surface area contributed by atoms with E-state index in [2.05, 4.69) is 5.32 Å². The first-order valence-corrected chi connectivity index (χ1v) is 8.00. The fourth-order valence-corrected chi connectivity index (χ4v) is 2.70. The summed E-state index contributed by atoms with van der Waals surface area (Å²) >= 11 is 0. The van der Waals surface area contributed by atoms with Crippen molar-refractivity contribution in [3.8, 4) is 0 Å². The van der Waals surface area contributed by atoms with E-state index in [1.807, 2.05) is 0 Å². The molecule has 1 heterocycles. The van der Waals surface area contributed by atoms with Crippen molar-refractivity contribution >= 4 is 10.0 Å². The lowest BCUT2D eigenvalue weighted by Crippen LogP contribution is -2.28. The Hall–Kier alpha value is -0.950. The lowest BCUT2D eigenvalue weighted by Gasteiger charge is -2.22. The molecule has 1 fully saturated rings. The van der Waals surface area contributed by atoms with Gasteiger partial charge < -0.3 is 10.1 Å². The SMILES string of the molecule is NS(=O)(=O)c1ccc(CNCC2CCCOC2)cc1. The summed E-state index contributed by atoms with van der Waals surface area (Å²) in [5.74, 6) is 0.581. The van der Waals surface area contributed by atoms with E-state index in [0.717, 1.165) is 38.3 Å². The summed E-state index contributed by atoms with van der Waals surface area (Å²) in [5.41, 5.74) is 1.05. The van der Waals surface area contributed by atoms with Crippen LogP contribution in [0.5, 0.6) is 0 Å². The van der Waals surface area contributed by atoms with E-state index < -0.39 is 10.0 Å². The molecule has 6 heteroatoms. The van der Waals surface area contributed by atoms with Crippen LogP contribution in [0, 0.1) is 5.92 Å². The molecule has 1 unspecified atom stereocenters. The van der Waals surface area contributed by atoms with Crippen LogP contribution in [0.25, 0.3) is 0 Å². The van der Waals surface area contributed by atoms with Gasteiger partial charge in [0, 0.05) is 19.7 Å². The van der Waals surface area contributed by atoms with Gasteiger partial charge in [0.2, 0.25) is 10.0 Å². The second-order valence-electron chi connectivity index (χ2n) is 4.90. The van der Waals surface area contributed by atoms with E-state index in [-0.39, 0.29) is 4.90 Å². The van der Waals surface area contributed by atoms with Gasteiger partial charge in [-0.25, -0.2) is 13.6 Å². The molecule has 19 heavy (non-hydrogen) atoms. The van der Waals surface area contributed by atoms with Crippen molar-refractivity contribution in [2.75, 3.05) is 19.8 Å². The standard InChI is InChI=1S/C13H20N2O3S/c14-19(16,17)13-5-3-11(4-6-13)8-15-9-12-2-1-7-18-10-12/h3-6,12,15H,1-2,7-10H2,(H2,14,16,17). The van der Waals surface area contributed by atoms with Gasteiger partial charge in [0.25, 0.3) is 0 Å². The van der Waals surface area contributed by atoms with Crippen LogP contribution in [0.1, 0.15) is 18.4 Å². The molecule has 1 atom stereocenters. The molecule has 0 saturated carbocycles. The minimum atomic E-state index is -3.59. The largest absolute Gasteiger partial charge is 0.381 e. The molecule has 5 nitrogen and oxygen atoms in total. The average Bonchev–Trinajstić information content (AvgIpc) is 2.39. The monoisotopic (exact) mass is 284 g/mol. The summed E-state index contributed by atoms with van der Waals surface area (Å²) in [6, 6.07) is 6.64. The first kappa shape index (κ1) is 14.5. The zero-order valence-electron chi connectivity index (χ0n) is 10.8. The van der Waals surface area contributed by atoms with Gasteiger partial charge in [0.15, 0.2) is 0 Å². The molecule has 0 aromatic heterocycles. The number of nitrogens with one attached hydrogen (secondary N) is 1. The number of rotatable bonds is 5. The Morgan fingerprint density at radius 2 is 2.05 bits per heavy atom. The van der Waals surface area contributed by atoms with Crippen LogP contribution in [0.2, 0.25) is 0 Å². The zero-order valence-corrected chi connectivity index (χ0v) is 11.7. The Bertz CT molecular complexity index is 493. The summed E-state index contributed by atoms with van der Waals surface area (Å²) < 4.78 is 27.6. The minimum Gasteiger partial charge on any atom is -0.381 e. The van der Waals surface area contributed by atoms with Crippen molar-refractivity contribution in [3.05, 3.63) is 29.8 Å². The summed E-state index contributed by atoms with van der Waals surface area (Å²) in [6.45, 7) is 3.36. The maximum absolute atomic E-state index is 11.1. The first-order valence-electron chi connectivity index (χ1n) is 6.46.